The molecule has 0 spiro atoms. The van der Waals surface area contributed by atoms with Gasteiger partial charge in [-0.25, -0.2) is 19.7 Å². The highest BCUT2D eigenvalue weighted by Gasteiger charge is 2.10. The van der Waals surface area contributed by atoms with Gasteiger partial charge >= 0.3 is 5.97 Å². The number of hydrogen-bond donors (Lipinski definition) is 1. The molecule has 0 amide bonds. The van der Waals surface area contributed by atoms with Gasteiger partial charge in [-0.05, 0) is 19.1 Å². The minimum atomic E-state index is -1.08. The minimum Gasteiger partial charge on any atom is -0.476 e. The van der Waals surface area contributed by atoms with Gasteiger partial charge < -0.3 is 5.11 Å². The highest BCUT2D eigenvalue weighted by Crippen LogP contribution is 2.17. The Morgan fingerprint density at radius 2 is 2.05 bits per heavy atom. The number of imidazole rings is 1. The molecule has 3 rings (SSSR count). The van der Waals surface area contributed by atoms with E-state index in [4.69, 9.17) is 5.11 Å². The summed E-state index contributed by atoms with van der Waals surface area (Å²) in [6, 6.07) is 7.29. The second-order valence-electron chi connectivity index (χ2n) is 4.34. The average Bonchev–Trinajstić information content (AvgIpc) is 2.98. The Morgan fingerprint density at radius 3 is 2.71 bits per heavy atom. The van der Waals surface area contributed by atoms with Crippen LogP contribution in [0.3, 0.4) is 0 Å². The number of aromatic nitrogens is 5. The van der Waals surface area contributed by atoms with E-state index >= 15 is 0 Å². The molecule has 0 aliphatic heterocycles. The SMILES string of the molecule is Cc1nc(-c2ccccn2)cc(-n2cnc(C(=O)O)c2)n1. The van der Waals surface area contributed by atoms with Crippen LogP contribution in [0.2, 0.25) is 0 Å². The molecule has 0 fully saturated rings. The van der Waals surface area contributed by atoms with Gasteiger partial charge in [0.15, 0.2) is 5.69 Å². The monoisotopic (exact) mass is 281 g/mol. The van der Waals surface area contributed by atoms with E-state index in [0.29, 0.717) is 17.3 Å². The van der Waals surface area contributed by atoms with Gasteiger partial charge in [0.1, 0.15) is 18.0 Å². The van der Waals surface area contributed by atoms with Crippen molar-refractivity contribution in [1.29, 1.82) is 0 Å². The Balaban J connectivity index is 2.07. The number of hydrogen-bond acceptors (Lipinski definition) is 5. The molecule has 0 aromatic carbocycles. The number of pyridine rings is 1. The van der Waals surface area contributed by atoms with Crippen molar-refractivity contribution >= 4 is 5.97 Å². The number of nitrogens with zero attached hydrogens (tertiary/aromatic N) is 5. The molecule has 0 aliphatic rings. The van der Waals surface area contributed by atoms with Crippen LogP contribution in [0, 0.1) is 6.92 Å². The second kappa shape index (κ2) is 5.12. The van der Waals surface area contributed by atoms with Crippen LogP contribution in [0.5, 0.6) is 0 Å². The predicted octanol–water partition coefficient (Wildman–Crippen LogP) is 1.73. The largest absolute Gasteiger partial charge is 0.476 e. The fraction of sp³-hybridized carbons (Fsp3) is 0.0714. The summed E-state index contributed by atoms with van der Waals surface area (Å²) in [7, 11) is 0. The quantitative estimate of drug-likeness (QED) is 0.785. The number of aromatic carboxylic acids is 1. The maximum absolute atomic E-state index is 10.9. The molecule has 0 atom stereocenters. The molecule has 0 aliphatic carbocycles. The van der Waals surface area contributed by atoms with Gasteiger partial charge in [0.2, 0.25) is 0 Å². The van der Waals surface area contributed by atoms with Gasteiger partial charge in [-0.3, -0.25) is 9.55 Å². The predicted molar refractivity (Wildman–Crippen MR) is 74.1 cm³/mol. The van der Waals surface area contributed by atoms with Crippen LogP contribution >= 0.6 is 0 Å². The first-order valence-corrected chi connectivity index (χ1v) is 6.18. The number of carbonyl (C=O) groups is 1. The normalized spacial score (nSPS) is 10.5. The van der Waals surface area contributed by atoms with E-state index < -0.39 is 5.97 Å². The minimum absolute atomic E-state index is 0.0364. The van der Waals surface area contributed by atoms with Crippen molar-refractivity contribution in [3.05, 3.63) is 54.5 Å². The molecule has 3 heterocycles. The van der Waals surface area contributed by atoms with E-state index in [1.165, 1.54) is 12.5 Å². The molecule has 1 N–H and O–H groups in total. The Kier molecular flexibility index (Phi) is 3.15. The number of rotatable bonds is 3. The van der Waals surface area contributed by atoms with Crippen LogP contribution < -0.4 is 0 Å². The van der Waals surface area contributed by atoms with E-state index in [2.05, 4.69) is 19.9 Å². The summed E-state index contributed by atoms with van der Waals surface area (Å²) in [6.07, 6.45) is 4.51. The lowest BCUT2D eigenvalue weighted by Gasteiger charge is -2.05. The Morgan fingerprint density at radius 1 is 1.19 bits per heavy atom. The van der Waals surface area contributed by atoms with E-state index in [1.54, 1.807) is 23.8 Å². The smallest absolute Gasteiger partial charge is 0.356 e. The third-order valence-electron chi connectivity index (χ3n) is 2.82. The lowest BCUT2D eigenvalue weighted by molar-refractivity contribution is 0.0691. The van der Waals surface area contributed by atoms with Gasteiger partial charge in [0, 0.05) is 18.5 Å². The highest BCUT2D eigenvalue weighted by atomic mass is 16.4. The Hall–Kier alpha value is -3.09. The fourth-order valence-corrected chi connectivity index (χ4v) is 1.89. The molecule has 21 heavy (non-hydrogen) atoms. The van der Waals surface area contributed by atoms with Gasteiger partial charge in [-0.15, -0.1) is 0 Å². The zero-order chi connectivity index (χ0) is 14.8. The number of carboxylic acid groups (broad SMARTS) is 1. The van der Waals surface area contributed by atoms with Gasteiger partial charge in [0.25, 0.3) is 0 Å². The molecule has 0 unspecified atom stereocenters. The van der Waals surface area contributed by atoms with Crippen LogP contribution in [0.4, 0.5) is 0 Å². The van der Waals surface area contributed by atoms with E-state index in [1.807, 2.05) is 18.2 Å². The van der Waals surface area contributed by atoms with Crippen molar-refractivity contribution < 1.29 is 9.90 Å². The highest BCUT2D eigenvalue weighted by molar-refractivity contribution is 5.85. The molecule has 0 saturated carbocycles. The first-order chi connectivity index (χ1) is 10.1. The fourth-order valence-electron chi connectivity index (χ4n) is 1.89. The zero-order valence-corrected chi connectivity index (χ0v) is 11.1. The van der Waals surface area contributed by atoms with Crippen LogP contribution in [0.25, 0.3) is 17.2 Å². The second-order valence-corrected chi connectivity index (χ2v) is 4.34. The van der Waals surface area contributed by atoms with Crippen molar-refractivity contribution in [1.82, 2.24) is 24.5 Å². The summed E-state index contributed by atoms with van der Waals surface area (Å²) in [4.78, 5) is 27.6. The summed E-state index contributed by atoms with van der Waals surface area (Å²) in [6.45, 7) is 1.77. The molecular weight excluding hydrogens is 270 g/mol. The molecule has 104 valence electrons. The number of aryl methyl sites for hydroxylation is 1. The maximum atomic E-state index is 10.9. The molecule has 3 aromatic heterocycles. The Bertz CT molecular complexity index is 798. The molecule has 0 bridgehead atoms. The van der Waals surface area contributed by atoms with Crippen molar-refractivity contribution in [2.75, 3.05) is 0 Å². The number of carboxylic acids is 1. The lowest BCUT2D eigenvalue weighted by Crippen LogP contribution is -2.01. The van der Waals surface area contributed by atoms with Gasteiger partial charge in [0.05, 0.1) is 11.4 Å². The molecule has 0 radical (unpaired) electrons. The summed E-state index contributed by atoms with van der Waals surface area (Å²) in [5.41, 5.74) is 1.36. The van der Waals surface area contributed by atoms with Crippen molar-refractivity contribution in [3.8, 4) is 17.2 Å². The standard InChI is InChI=1S/C14H11N5O2/c1-9-17-11(10-4-2-3-5-15-10)6-13(18-9)19-7-12(14(20)21)16-8-19/h2-8H,1H3,(H,20,21). The zero-order valence-electron chi connectivity index (χ0n) is 11.1. The van der Waals surface area contributed by atoms with Crippen molar-refractivity contribution in [2.45, 2.75) is 6.92 Å². The third-order valence-corrected chi connectivity index (χ3v) is 2.82. The van der Waals surface area contributed by atoms with Crippen LogP contribution in [-0.4, -0.2) is 35.6 Å². The van der Waals surface area contributed by atoms with E-state index in [0.717, 1.165) is 5.69 Å². The molecular formula is C14H11N5O2. The van der Waals surface area contributed by atoms with Crippen LogP contribution in [0.15, 0.2) is 43.0 Å². The average molecular weight is 281 g/mol. The summed E-state index contributed by atoms with van der Waals surface area (Å²) in [5, 5.41) is 8.91. The van der Waals surface area contributed by atoms with Crippen molar-refractivity contribution in [2.24, 2.45) is 0 Å². The third kappa shape index (κ3) is 2.62. The first kappa shape index (κ1) is 12.9. The summed E-state index contributed by atoms with van der Waals surface area (Å²) >= 11 is 0. The Labute approximate surface area is 120 Å². The molecule has 0 saturated heterocycles. The van der Waals surface area contributed by atoms with Crippen LogP contribution in [-0.2, 0) is 0 Å². The van der Waals surface area contributed by atoms with E-state index in [9.17, 15) is 4.79 Å². The van der Waals surface area contributed by atoms with Crippen LogP contribution in [0.1, 0.15) is 16.3 Å². The summed E-state index contributed by atoms with van der Waals surface area (Å²) in [5.74, 6) is 0.0337. The summed E-state index contributed by atoms with van der Waals surface area (Å²) < 4.78 is 1.55. The molecule has 7 nitrogen and oxygen atoms in total. The molecule has 3 aromatic rings. The maximum Gasteiger partial charge on any atom is 0.356 e. The van der Waals surface area contributed by atoms with Crippen molar-refractivity contribution in [3.63, 3.8) is 0 Å². The topological polar surface area (TPSA) is 93.8 Å². The first-order valence-electron chi connectivity index (χ1n) is 6.18. The van der Waals surface area contributed by atoms with E-state index in [-0.39, 0.29) is 5.69 Å². The van der Waals surface area contributed by atoms with Gasteiger partial charge in [-0.1, -0.05) is 6.07 Å². The lowest BCUT2D eigenvalue weighted by atomic mass is 10.2. The molecule has 7 heteroatoms. The van der Waals surface area contributed by atoms with Gasteiger partial charge in [-0.2, -0.15) is 0 Å².